The van der Waals surface area contributed by atoms with Gasteiger partial charge in [-0.3, -0.25) is 0 Å². The SMILES string of the molecule is C=CCN(CC)c1ncc(F)cc1C(=O)O. The Bertz CT molecular complexity index is 407. The van der Waals surface area contributed by atoms with Crippen LogP contribution < -0.4 is 4.90 Å². The highest BCUT2D eigenvalue weighted by Gasteiger charge is 2.16. The van der Waals surface area contributed by atoms with Gasteiger partial charge in [0.25, 0.3) is 0 Å². The summed E-state index contributed by atoms with van der Waals surface area (Å²) >= 11 is 0. The quantitative estimate of drug-likeness (QED) is 0.776. The summed E-state index contributed by atoms with van der Waals surface area (Å²) < 4.78 is 12.9. The van der Waals surface area contributed by atoms with E-state index in [9.17, 15) is 9.18 Å². The van der Waals surface area contributed by atoms with E-state index in [0.29, 0.717) is 13.1 Å². The number of carbonyl (C=O) groups is 1. The van der Waals surface area contributed by atoms with E-state index in [4.69, 9.17) is 5.11 Å². The molecule has 0 unspecified atom stereocenters. The number of anilines is 1. The molecule has 1 N–H and O–H groups in total. The molecule has 0 radical (unpaired) electrons. The normalized spacial score (nSPS) is 9.88. The number of halogens is 1. The second-order valence-corrected chi connectivity index (χ2v) is 3.16. The van der Waals surface area contributed by atoms with Gasteiger partial charge < -0.3 is 10.0 Å². The van der Waals surface area contributed by atoms with Crippen LogP contribution in [-0.2, 0) is 0 Å². The van der Waals surface area contributed by atoms with Gasteiger partial charge in [-0.25, -0.2) is 14.2 Å². The third kappa shape index (κ3) is 2.56. The van der Waals surface area contributed by atoms with Crippen molar-refractivity contribution >= 4 is 11.8 Å². The standard InChI is InChI=1S/C11H13FN2O2/c1-3-5-14(4-2)10-9(11(15)16)6-8(12)7-13-10/h3,6-7H,1,4-5H2,2H3,(H,15,16). The van der Waals surface area contributed by atoms with Crippen LogP contribution in [0.4, 0.5) is 10.2 Å². The fourth-order valence-electron chi connectivity index (χ4n) is 1.36. The van der Waals surface area contributed by atoms with Crippen LogP contribution in [0.1, 0.15) is 17.3 Å². The van der Waals surface area contributed by atoms with Crippen molar-refractivity contribution in [2.45, 2.75) is 6.92 Å². The van der Waals surface area contributed by atoms with E-state index < -0.39 is 11.8 Å². The maximum absolute atomic E-state index is 12.9. The van der Waals surface area contributed by atoms with Crippen LogP contribution in [0.15, 0.2) is 24.9 Å². The highest BCUT2D eigenvalue weighted by molar-refractivity contribution is 5.93. The smallest absolute Gasteiger partial charge is 0.339 e. The summed E-state index contributed by atoms with van der Waals surface area (Å²) in [6.07, 6.45) is 2.65. The Labute approximate surface area is 93.0 Å². The number of nitrogens with zero attached hydrogens (tertiary/aromatic N) is 2. The molecule has 0 atom stereocenters. The lowest BCUT2D eigenvalue weighted by Crippen LogP contribution is -2.26. The topological polar surface area (TPSA) is 53.4 Å². The molecule has 0 fully saturated rings. The number of carboxylic acid groups (broad SMARTS) is 1. The third-order valence-corrected chi connectivity index (χ3v) is 2.09. The van der Waals surface area contributed by atoms with Gasteiger partial charge in [-0.15, -0.1) is 6.58 Å². The first-order valence-electron chi connectivity index (χ1n) is 4.84. The lowest BCUT2D eigenvalue weighted by molar-refractivity contribution is 0.0696. The maximum Gasteiger partial charge on any atom is 0.339 e. The predicted octanol–water partition coefficient (Wildman–Crippen LogP) is 1.93. The molecule has 0 bridgehead atoms. The molecule has 0 spiro atoms. The van der Waals surface area contributed by atoms with Crippen molar-refractivity contribution in [1.82, 2.24) is 4.98 Å². The molecule has 1 heterocycles. The Kier molecular flexibility index (Phi) is 3.99. The highest BCUT2D eigenvalue weighted by atomic mass is 19.1. The number of rotatable bonds is 5. The van der Waals surface area contributed by atoms with Crippen molar-refractivity contribution in [2.24, 2.45) is 0 Å². The Balaban J connectivity index is 3.19. The first kappa shape index (κ1) is 12.2. The Morgan fingerprint density at radius 2 is 2.44 bits per heavy atom. The Morgan fingerprint density at radius 3 is 2.94 bits per heavy atom. The van der Waals surface area contributed by atoms with Crippen LogP contribution in [0.5, 0.6) is 0 Å². The zero-order valence-corrected chi connectivity index (χ0v) is 8.98. The van der Waals surface area contributed by atoms with Crippen molar-refractivity contribution in [3.05, 3.63) is 36.3 Å². The lowest BCUT2D eigenvalue weighted by atomic mass is 10.2. The summed E-state index contributed by atoms with van der Waals surface area (Å²) in [6.45, 7) is 6.48. The summed E-state index contributed by atoms with van der Waals surface area (Å²) in [6, 6.07) is 0.969. The van der Waals surface area contributed by atoms with Gasteiger partial charge in [-0.05, 0) is 13.0 Å². The Morgan fingerprint density at radius 1 is 1.75 bits per heavy atom. The number of likely N-dealkylation sites (N-methyl/N-ethyl adjacent to an activating group) is 1. The third-order valence-electron chi connectivity index (χ3n) is 2.09. The van der Waals surface area contributed by atoms with E-state index in [1.165, 1.54) is 0 Å². The molecular weight excluding hydrogens is 211 g/mol. The molecular formula is C11H13FN2O2. The number of hydrogen-bond donors (Lipinski definition) is 1. The number of hydrogen-bond acceptors (Lipinski definition) is 3. The number of pyridine rings is 1. The Hall–Kier alpha value is -1.91. The molecule has 0 aliphatic carbocycles. The minimum absolute atomic E-state index is 0.135. The van der Waals surface area contributed by atoms with Crippen molar-refractivity contribution in [1.29, 1.82) is 0 Å². The van der Waals surface area contributed by atoms with Crippen LogP contribution >= 0.6 is 0 Å². The summed E-state index contributed by atoms with van der Waals surface area (Å²) in [5, 5.41) is 8.94. The molecule has 0 saturated heterocycles. The largest absolute Gasteiger partial charge is 0.478 e. The molecule has 4 nitrogen and oxygen atoms in total. The molecule has 5 heteroatoms. The molecule has 0 aliphatic rings. The van der Waals surface area contributed by atoms with Gasteiger partial charge >= 0.3 is 5.97 Å². The van der Waals surface area contributed by atoms with E-state index in [1.54, 1.807) is 11.0 Å². The van der Waals surface area contributed by atoms with Crippen molar-refractivity contribution in [2.75, 3.05) is 18.0 Å². The van der Waals surface area contributed by atoms with Crippen molar-refractivity contribution in [3.63, 3.8) is 0 Å². The molecule has 0 saturated carbocycles. The van der Waals surface area contributed by atoms with Crippen molar-refractivity contribution < 1.29 is 14.3 Å². The van der Waals surface area contributed by atoms with Crippen LogP contribution in [0.25, 0.3) is 0 Å². The lowest BCUT2D eigenvalue weighted by Gasteiger charge is -2.21. The molecule has 86 valence electrons. The van der Waals surface area contributed by atoms with E-state index in [-0.39, 0.29) is 11.4 Å². The molecule has 0 amide bonds. The molecule has 1 rings (SSSR count). The molecule has 1 aromatic heterocycles. The van der Waals surface area contributed by atoms with Gasteiger partial charge in [0.1, 0.15) is 17.2 Å². The first-order chi connectivity index (χ1) is 7.60. The van der Waals surface area contributed by atoms with Gasteiger partial charge in [0.15, 0.2) is 0 Å². The van der Waals surface area contributed by atoms with E-state index >= 15 is 0 Å². The molecule has 0 aromatic carbocycles. The van der Waals surface area contributed by atoms with E-state index in [1.807, 2.05) is 6.92 Å². The first-order valence-corrected chi connectivity index (χ1v) is 4.84. The number of carboxylic acids is 1. The van der Waals surface area contributed by atoms with Gasteiger partial charge in [-0.2, -0.15) is 0 Å². The summed E-state index contributed by atoms with van der Waals surface area (Å²) in [4.78, 5) is 16.5. The average molecular weight is 224 g/mol. The van der Waals surface area contributed by atoms with Crippen LogP contribution in [0.3, 0.4) is 0 Å². The molecule has 16 heavy (non-hydrogen) atoms. The fraction of sp³-hybridized carbons (Fsp3) is 0.273. The van der Waals surface area contributed by atoms with Gasteiger partial charge in [0.05, 0.1) is 6.20 Å². The fourth-order valence-corrected chi connectivity index (χ4v) is 1.36. The van der Waals surface area contributed by atoms with Crippen LogP contribution in [0.2, 0.25) is 0 Å². The summed E-state index contributed by atoms with van der Waals surface area (Å²) in [5.41, 5.74) is -0.135. The molecule has 0 aliphatic heterocycles. The van der Waals surface area contributed by atoms with E-state index in [0.717, 1.165) is 12.3 Å². The minimum atomic E-state index is -1.19. The van der Waals surface area contributed by atoms with Crippen LogP contribution in [0, 0.1) is 5.82 Å². The van der Waals surface area contributed by atoms with Gasteiger partial charge in [0.2, 0.25) is 0 Å². The number of aromatic nitrogens is 1. The van der Waals surface area contributed by atoms with Crippen molar-refractivity contribution in [3.8, 4) is 0 Å². The zero-order chi connectivity index (χ0) is 12.1. The molecule has 1 aromatic rings. The van der Waals surface area contributed by atoms with Gasteiger partial charge in [0, 0.05) is 13.1 Å². The summed E-state index contributed by atoms with van der Waals surface area (Å²) in [5.74, 6) is -1.59. The second-order valence-electron chi connectivity index (χ2n) is 3.16. The monoisotopic (exact) mass is 224 g/mol. The van der Waals surface area contributed by atoms with E-state index in [2.05, 4.69) is 11.6 Å². The average Bonchev–Trinajstić information content (AvgIpc) is 2.26. The summed E-state index contributed by atoms with van der Waals surface area (Å²) in [7, 11) is 0. The highest BCUT2D eigenvalue weighted by Crippen LogP contribution is 2.18. The maximum atomic E-state index is 12.9. The van der Waals surface area contributed by atoms with Crippen LogP contribution in [-0.4, -0.2) is 29.1 Å². The minimum Gasteiger partial charge on any atom is -0.478 e. The second kappa shape index (κ2) is 5.25. The zero-order valence-electron chi connectivity index (χ0n) is 8.98. The predicted molar refractivity (Wildman–Crippen MR) is 59.2 cm³/mol. The van der Waals surface area contributed by atoms with Gasteiger partial charge in [-0.1, -0.05) is 6.08 Å². The number of aromatic carboxylic acids is 1.